The van der Waals surface area contributed by atoms with Crippen molar-refractivity contribution >= 4 is 10.8 Å². The molecule has 0 saturated heterocycles. The third-order valence-electron chi connectivity index (χ3n) is 3.38. The lowest BCUT2D eigenvalue weighted by Crippen LogP contribution is -2.37. The molecule has 1 rings (SSSR count). The molecule has 4 unspecified atom stereocenters. The maximum absolute atomic E-state index is 12.1. The van der Waals surface area contributed by atoms with E-state index >= 15 is 0 Å². The molecule has 4 heteroatoms. The van der Waals surface area contributed by atoms with E-state index in [2.05, 4.69) is 12.2 Å². The third-order valence-corrected chi connectivity index (χ3v) is 5.26. The van der Waals surface area contributed by atoms with Crippen molar-refractivity contribution in [1.82, 2.24) is 5.32 Å². The predicted octanol–water partition coefficient (Wildman–Crippen LogP) is 1.67. The van der Waals surface area contributed by atoms with Crippen LogP contribution in [0.2, 0.25) is 0 Å². The molecule has 3 nitrogen and oxygen atoms in total. The summed E-state index contributed by atoms with van der Waals surface area (Å²) in [4.78, 5) is 0. The van der Waals surface area contributed by atoms with E-state index in [-0.39, 0.29) is 0 Å². The Morgan fingerprint density at radius 1 is 1.41 bits per heavy atom. The zero-order valence-electron chi connectivity index (χ0n) is 11.3. The maximum Gasteiger partial charge on any atom is 0.0779 e. The highest BCUT2D eigenvalue weighted by atomic mass is 32.2. The van der Waals surface area contributed by atoms with Gasteiger partial charge in [-0.3, -0.25) is 4.21 Å². The Hall–Kier alpha value is 0.0700. The minimum Gasteiger partial charge on any atom is -0.391 e. The Bertz CT molecular complexity index is 246. The van der Waals surface area contributed by atoms with Crippen LogP contribution in [-0.4, -0.2) is 39.0 Å². The summed E-state index contributed by atoms with van der Waals surface area (Å²) >= 11 is 0. The molecule has 102 valence electrons. The fourth-order valence-electron chi connectivity index (χ4n) is 2.37. The number of rotatable bonds is 6. The Kier molecular flexibility index (Phi) is 6.67. The summed E-state index contributed by atoms with van der Waals surface area (Å²) in [5.74, 6) is 1.13. The Morgan fingerprint density at radius 2 is 2.12 bits per heavy atom. The minimum atomic E-state index is -0.862. The molecule has 1 saturated carbocycles. The van der Waals surface area contributed by atoms with Crippen LogP contribution in [0.15, 0.2) is 0 Å². The van der Waals surface area contributed by atoms with Crippen LogP contribution in [0.3, 0.4) is 0 Å². The molecule has 1 fully saturated rings. The van der Waals surface area contributed by atoms with Gasteiger partial charge in [0.15, 0.2) is 0 Å². The molecule has 0 aliphatic heterocycles. The predicted molar refractivity (Wildman–Crippen MR) is 73.6 cm³/mol. The number of hydrogen-bond acceptors (Lipinski definition) is 3. The minimum absolute atomic E-state index is 0.312. The molecular formula is C13H27NO2S. The number of aliphatic hydroxyl groups is 1. The average molecular weight is 261 g/mol. The fourth-order valence-corrected chi connectivity index (χ4v) is 4.12. The van der Waals surface area contributed by atoms with Crippen molar-refractivity contribution in [3.63, 3.8) is 0 Å². The van der Waals surface area contributed by atoms with Gasteiger partial charge in [-0.1, -0.05) is 33.6 Å². The number of aliphatic hydroxyl groups excluding tert-OH is 1. The average Bonchev–Trinajstić information content (AvgIpc) is 2.26. The van der Waals surface area contributed by atoms with Gasteiger partial charge in [0.1, 0.15) is 0 Å². The summed E-state index contributed by atoms with van der Waals surface area (Å²) in [6, 6.07) is 0.368. The molecule has 0 bridgehead atoms. The molecule has 1 aliphatic carbocycles. The molecule has 0 aromatic carbocycles. The van der Waals surface area contributed by atoms with Crippen LogP contribution in [0.4, 0.5) is 0 Å². The van der Waals surface area contributed by atoms with Crippen molar-refractivity contribution < 1.29 is 9.32 Å². The monoisotopic (exact) mass is 261 g/mol. The van der Waals surface area contributed by atoms with Gasteiger partial charge in [-0.25, -0.2) is 0 Å². The molecule has 2 N–H and O–H groups in total. The van der Waals surface area contributed by atoms with Crippen LogP contribution in [0.5, 0.6) is 0 Å². The van der Waals surface area contributed by atoms with Crippen molar-refractivity contribution in [1.29, 1.82) is 0 Å². The van der Waals surface area contributed by atoms with Gasteiger partial charge in [-0.2, -0.15) is 0 Å². The van der Waals surface area contributed by atoms with E-state index in [4.69, 9.17) is 0 Å². The van der Waals surface area contributed by atoms with Gasteiger partial charge in [0, 0.05) is 28.6 Å². The van der Waals surface area contributed by atoms with Gasteiger partial charge in [-0.15, -0.1) is 0 Å². The van der Waals surface area contributed by atoms with Crippen LogP contribution < -0.4 is 5.32 Å². The fraction of sp³-hybridized carbons (Fsp3) is 1.00. The van der Waals surface area contributed by atoms with Crippen LogP contribution in [-0.2, 0) is 10.8 Å². The quantitative estimate of drug-likeness (QED) is 0.765. The number of nitrogens with one attached hydrogen (secondary N) is 1. The second-order valence-corrected chi connectivity index (χ2v) is 7.42. The lowest BCUT2D eigenvalue weighted by molar-refractivity contribution is 0.191. The summed E-state index contributed by atoms with van der Waals surface area (Å²) in [7, 11) is -0.862. The van der Waals surface area contributed by atoms with Gasteiger partial charge < -0.3 is 10.4 Å². The highest BCUT2D eigenvalue weighted by molar-refractivity contribution is 7.85. The van der Waals surface area contributed by atoms with Crippen molar-refractivity contribution in [3.8, 4) is 0 Å². The standard InChI is InChI=1S/C13H27NO2S/c1-10(2)14-8-12(15)9-17(16)13-6-4-5-11(3)7-13/h10-15H,4-9H2,1-3H3. The van der Waals surface area contributed by atoms with Gasteiger partial charge in [0.2, 0.25) is 0 Å². The second-order valence-electron chi connectivity index (χ2n) is 5.66. The molecule has 1 aliphatic rings. The lowest BCUT2D eigenvalue weighted by atomic mass is 9.91. The summed E-state index contributed by atoms with van der Waals surface area (Å²) in [5, 5.41) is 13.3. The topological polar surface area (TPSA) is 49.3 Å². The van der Waals surface area contributed by atoms with Crippen molar-refractivity contribution in [2.24, 2.45) is 5.92 Å². The highest BCUT2D eigenvalue weighted by Gasteiger charge is 2.25. The SMILES string of the molecule is CC1CCCC(S(=O)CC(O)CNC(C)C)C1. The Labute approximate surface area is 108 Å². The van der Waals surface area contributed by atoms with Gasteiger partial charge in [0.05, 0.1) is 11.9 Å². The first kappa shape index (κ1) is 15.1. The van der Waals surface area contributed by atoms with Crippen LogP contribution in [0, 0.1) is 5.92 Å². The van der Waals surface area contributed by atoms with E-state index in [1.54, 1.807) is 0 Å². The Balaban J connectivity index is 2.27. The molecule has 0 spiro atoms. The molecule has 0 heterocycles. The maximum atomic E-state index is 12.1. The molecule has 17 heavy (non-hydrogen) atoms. The van der Waals surface area contributed by atoms with Crippen molar-refractivity contribution in [3.05, 3.63) is 0 Å². The summed E-state index contributed by atoms with van der Waals surface area (Å²) in [5.41, 5.74) is 0. The summed E-state index contributed by atoms with van der Waals surface area (Å²) in [6.45, 7) is 6.88. The van der Waals surface area contributed by atoms with E-state index < -0.39 is 16.9 Å². The van der Waals surface area contributed by atoms with E-state index in [1.165, 1.54) is 12.8 Å². The van der Waals surface area contributed by atoms with E-state index in [9.17, 15) is 9.32 Å². The lowest BCUT2D eigenvalue weighted by Gasteiger charge is -2.27. The zero-order valence-corrected chi connectivity index (χ0v) is 12.1. The summed E-state index contributed by atoms with van der Waals surface area (Å²) < 4.78 is 12.1. The molecule has 0 amide bonds. The first-order chi connectivity index (χ1) is 7.99. The first-order valence-electron chi connectivity index (χ1n) is 6.77. The smallest absolute Gasteiger partial charge is 0.0779 e. The zero-order chi connectivity index (χ0) is 12.8. The van der Waals surface area contributed by atoms with Crippen LogP contribution >= 0.6 is 0 Å². The van der Waals surface area contributed by atoms with Crippen LogP contribution in [0.25, 0.3) is 0 Å². The first-order valence-corrected chi connectivity index (χ1v) is 8.16. The van der Waals surface area contributed by atoms with Gasteiger partial charge >= 0.3 is 0 Å². The third kappa shape index (κ3) is 5.98. The highest BCUT2D eigenvalue weighted by Crippen LogP contribution is 2.27. The van der Waals surface area contributed by atoms with E-state index in [0.29, 0.717) is 29.5 Å². The molecule has 0 radical (unpaired) electrons. The van der Waals surface area contributed by atoms with Crippen LogP contribution in [0.1, 0.15) is 46.5 Å². The van der Waals surface area contributed by atoms with E-state index in [1.807, 2.05) is 13.8 Å². The van der Waals surface area contributed by atoms with Crippen molar-refractivity contribution in [2.75, 3.05) is 12.3 Å². The van der Waals surface area contributed by atoms with Gasteiger partial charge in [-0.05, 0) is 18.8 Å². The van der Waals surface area contributed by atoms with Crippen molar-refractivity contribution in [2.45, 2.75) is 63.9 Å². The summed E-state index contributed by atoms with van der Waals surface area (Å²) in [6.07, 6.45) is 4.12. The molecule has 4 atom stereocenters. The normalized spacial score (nSPS) is 29.2. The molecule has 0 aromatic rings. The second kappa shape index (κ2) is 7.49. The molecule has 0 aromatic heterocycles. The van der Waals surface area contributed by atoms with Gasteiger partial charge in [0.25, 0.3) is 0 Å². The van der Waals surface area contributed by atoms with E-state index in [0.717, 1.165) is 12.8 Å². The molecular weight excluding hydrogens is 234 g/mol. The largest absolute Gasteiger partial charge is 0.391 e. The Morgan fingerprint density at radius 3 is 2.71 bits per heavy atom. The number of hydrogen-bond donors (Lipinski definition) is 2.